The molecule has 2 N–H and O–H groups in total. The van der Waals surface area contributed by atoms with Gasteiger partial charge in [-0.1, -0.05) is 36.4 Å². The molecule has 0 atom stereocenters. The molecule has 4 heteroatoms. The molecule has 0 saturated carbocycles. The van der Waals surface area contributed by atoms with Gasteiger partial charge in [-0.25, -0.2) is 0 Å². The molecule has 0 saturated heterocycles. The van der Waals surface area contributed by atoms with Crippen LogP contribution < -0.4 is 11.3 Å². The van der Waals surface area contributed by atoms with Crippen LogP contribution >= 0.6 is 12.6 Å². The molecule has 0 amide bonds. The van der Waals surface area contributed by atoms with E-state index in [-0.39, 0.29) is 5.56 Å². The molecule has 0 unspecified atom stereocenters. The molecule has 0 spiro atoms. The fraction of sp³-hybridized carbons (Fsp3) is 0.167. The van der Waals surface area contributed by atoms with Crippen molar-refractivity contribution in [3.05, 3.63) is 63.9 Å². The molecular formula is C18H18N2OS. The molecule has 3 nitrogen and oxygen atoms in total. The Morgan fingerprint density at radius 3 is 2.59 bits per heavy atom. The van der Waals surface area contributed by atoms with Crippen LogP contribution in [-0.4, -0.2) is 4.57 Å². The highest BCUT2D eigenvalue weighted by Crippen LogP contribution is 2.35. The van der Waals surface area contributed by atoms with Gasteiger partial charge in [0.05, 0.1) is 5.03 Å². The van der Waals surface area contributed by atoms with Crippen molar-refractivity contribution in [3.8, 4) is 11.1 Å². The smallest absolute Gasteiger partial charge is 0.259 e. The van der Waals surface area contributed by atoms with Gasteiger partial charge >= 0.3 is 0 Å². The first-order valence-corrected chi connectivity index (χ1v) is 7.60. The fourth-order valence-corrected chi connectivity index (χ4v) is 3.25. The van der Waals surface area contributed by atoms with Crippen molar-refractivity contribution in [1.29, 1.82) is 0 Å². The van der Waals surface area contributed by atoms with E-state index in [2.05, 4.69) is 12.6 Å². The summed E-state index contributed by atoms with van der Waals surface area (Å²) in [5.41, 5.74) is 9.97. The molecule has 22 heavy (non-hydrogen) atoms. The van der Waals surface area contributed by atoms with Gasteiger partial charge in [0.2, 0.25) is 0 Å². The van der Waals surface area contributed by atoms with Gasteiger partial charge in [0.15, 0.2) is 0 Å². The van der Waals surface area contributed by atoms with Gasteiger partial charge in [0.1, 0.15) is 0 Å². The van der Waals surface area contributed by atoms with Gasteiger partial charge in [0.25, 0.3) is 5.56 Å². The third-order valence-corrected chi connectivity index (χ3v) is 4.63. The number of fused-ring (bicyclic) bond motifs is 1. The van der Waals surface area contributed by atoms with Gasteiger partial charge in [-0.2, -0.15) is 0 Å². The zero-order chi connectivity index (χ0) is 15.9. The average Bonchev–Trinajstić information content (AvgIpc) is 2.54. The van der Waals surface area contributed by atoms with Gasteiger partial charge in [-0.3, -0.25) is 4.79 Å². The van der Waals surface area contributed by atoms with Crippen LogP contribution in [0.3, 0.4) is 0 Å². The van der Waals surface area contributed by atoms with E-state index in [1.54, 1.807) is 11.6 Å². The number of nitrogens with two attached hydrogens (primary N) is 1. The van der Waals surface area contributed by atoms with Crippen molar-refractivity contribution in [2.75, 3.05) is 0 Å². The van der Waals surface area contributed by atoms with Gasteiger partial charge in [-0.15, -0.1) is 12.6 Å². The van der Waals surface area contributed by atoms with Crippen LogP contribution in [0.1, 0.15) is 11.1 Å². The van der Waals surface area contributed by atoms with Gasteiger partial charge in [0, 0.05) is 29.9 Å². The van der Waals surface area contributed by atoms with E-state index in [9.17, 15) is 4.79 Å². The van der Waals surface area contributed by atoms with Crippen LogP contribution in [0.5, 0.6) is 0 Å². The number of hydrogen-bond donors (Lipinski definition) is 2. The van der Waals surface area contributed by atoms with Gasteiger partial charge in [-0.05, 0) is 29.7 Å². The molecular weight excluding hydrogens is 292 g/mol. The summed E-state index contributed by atoms with van der Waals surface area (Å²) in [6.45, 7) is 2.46. The first-order valence-electron chi connectivity index (χ1n) is 7.16. The maximum Gasteiger partial charge on any atom is 0.259 e. The second-order valence-corrected chi connectivity index (χ2v) is 5.85. The Morgan fingerprint density at radius 1 is 1.14 bits per heavy atom. The second kappa shape index (κ2) is 5.63. The minimum Gasteiger partial charge on any atom is -0.326 e. The van der Waals surface area contributed by atoms with Crippen molar-refractivity contribution >= 4 is 23.4 Å². The lowest BCUT2D eigenvalue weighted by molar-refractivity contribution is 0.782. The lowest BCUT2D eigenvalue weighted by Gasteiger charge is -2.17. The van der Waals surface area contributed by atoms with Crippen LogP contribution in [0, 0.1) is 6.92 Å². The molecule has 0 aliphatic heterocycles. The second-order valence-electron chi connectivity index (χ2n) is 5.42. The number of nitrogens with zero attached hydrogens (tertiary/aromatic N) is 1. The number of benzene rings is 2. The minimum absolute atomic E-state index is 0.0299. The summed E-state index contributed by atoms with van der Waals surface area (Å²) in [5, 5.41) is 2.33. The van der Waals surface area contributed by atoms with Crippen LogP contribution in [-0.2, 0) is 13.6 Å². The number of hydrogen-bond acceptors (Lipinski definition) is 3. The number of aromatic nitrogens is 1. The summed E-state index contributed by atoms with van der Waals surface area (Å²) in [6, 6.07) is 13.8. The number of pyridine rings is 1. The van der Waals surface area contributed by atoms with E-state index >= 15 is 0 Å². The number of aryl methyl sites for hydroxylation is 1. The molecule has 0 radical (unpaired) electrons. The quantitative estimate of drug-likeness (QED) is 0.714. The lowest BCUT2D eigenvalue weighted by Crippen LogP contribution is -2.19. The average molecular weight is 310 g/mol. The van der Waals surface area contributed by atoms with Crippen molar-refractivity contribution < 1.29 is 0 Å². The predicted molar refractivity (Wildman–Crippen MR) is 94.5 cm³/mol. The van der Waals surface area contributed by atoms with E-state index in [1.165, 1.54) is 0 Å². The maximum atomic E-state index is 12.5. The molecule has 0 aliphatic carbocycles. The maximum absolute atomic E-state index is 12.5. The molecule has 3 aromatic rings. The molecule has 3 rings (SSSR count). The molecule has 1 heterocycles. The monoisotopic (exact) mass is 310 g/mol. The summed E-state index contributed by atoms with van der Waals surface area (Å²) < 4.78 is 1.59. The Hall–Kier alpha value is -2.04. The number of thiol groups is 1. The Balaban J connectivity index is 2.57. The van der Waals surface area contributed by atoms with Crippen molar-refractivity contribution in [2.45, 2.75) is 18.5 Å². The van der Waals surface area contributed by atoms with Crippen LogP contribution in [0.25, 0.3) is 21.9 Å². The zero-order valence-electron chi connectivity index (χ0n) is 12.6. The third-order valence-electron chi connectivity index (χ3n) is 4.11. The largest absolute Gasteiger partial charge is 0.326 e. The van der Waals surface area contributed by atoms with E-state index in [0.717, 1.165) is 27.6 Å². The highest BCUT2D eigenvalue weighted by atomic mass is 32.1. The lowest BCUT2D eigenvalue weighted by atomic mass is 9.94. The summed E-state index contributed by atoms with van der Waals surface area (Å²) in [7, 11) is 1.75. The highest BCUT2D eigenvalue weighted by molar-refractivity contribution is 7.80. The third kappa shape index (κ3) is 2.16. The Bertz CT molecular complexity index is 928. The van der Waals surface area contributed by atoms with Crippen LogP contribution in [0.15, 0.2) is 52.3 Å². The molecule has 0 aliphatic rings. The zero-order valence-corrected chi connectivity index (χ0v) is 13.5. The van der Waals surface area contributed by atoms with E-state index in [0.29, 0.717) is 17.0 Å². The van der Waals surface area contributed by atoms with Crippen molar-refractivity contribution in [2.24, 2.45) is 12.8 Å². The normalized spacial score (nSPS) is 11.1. The summed E-state index contributed by atoms with van der Waals surface area (Å²) >= 11 is 4.62. The summed E-state index contributed by atoms with van der Waals surface area (Å²) in [5.74, 6) is 0. The van der Waals surface area contributed by atoms with Crippen molar-refractivity contribution in [3.63, 3.8) is 0 Å². The fourth-order valence-electron chi connectivity index (χ4n) is 2.93. The predicted octanol–water partition coefficient (Wildman–Crippen LogP) is 3.26. The Kier molecular flexibility index (Phi) is 3.81. The van der Waals surface area contributed by atoms with E-state index in [1.807, 2.05) is 49.4 Å². The highest BCUT2D eigenvalue weighted by Gasteiger charge is 2.17. The van der Waals surface area contributed by atoms with Crippen LogP contribution in [0.4, 0.5) is 0 Å². The molecule has 0 fully saturated rings. The first kappa shape index (κ1) is 14.9. The molecule has 0 bridgehead atoms. The van der Waals surface area contributed by atoms with Crippen LogP contribution in [0.2, 0.25) is 0 Å². The Morgan fingerprint density at radius 2 is 1.86 bits per heavy atom. The molecule has 2 aromatic carbocycles. The Labute approximate surface area is 134 Å². The summed E-state index contributed by atoms with van der Waals surface area (Å²) in [6.07, 6.45) is 0. The summed E-state index contributed by atoms with van der Waals surface area (Å²) in [4.78, 5) is 12.5. The molecule has 112 valence electrons. The SMILES string of the molecule is Cc1cccc2c(=O)n(C)c(S)c(-c3ccccc3CN)c12. The van der Waals surface area contributed by atoms with Gasteiger partial charge < -0.3 is 10.3 Å². The van der Waals surface area contributed by atoms with E-state index < -0.39 is 0 Å². The first-order chi connectivity index (χ1) is 10.6. The number of rotatable bonds is 2. The van der Waals surface area contributed by atoms with E-state index in [4.69, 9.17) is 5.73 Å². The van der Waals surface area contributed by atoms with Crippen molar-refractivity contribution in [1.82, 2.24) is 4.57 Å². The minimum atomic E-state index is -0.0299. The molecule has 1 aromatic heterocycles. The standard InChI is InChI=1S/C18H18N2OS/c1-11-6-5-9-14-15(11)16(18(22)20(2)17(14)21)13-8-4-3-7-12(13)10-19/h3-9,22H,10,19H2,1-2H3. The topological polar surface area (TPSA) is 48.0 Å².